The summed E-state index contributed by atoms with van der Waals surface area (Å²) < 4.78 is 0. The Bertz CT molecular complexity index is 991. The second-order valence-electron chi connectivity index (χ2n) is 15.3. The second-order valence-corrected chi connectivity index (χ2v) is 15.3. The predicted molar refractivity (Wildman–Crippen MR) is 156 cm³/mol. The van der Waals surface area contributed by atoms with Crippen LogP contribution in [-0.2, 0) is 19.2 Å². The molecule has 0 aromatic heterocycles. The van der Waals surface area contributed by atoms with Gasteiger partial charge in [0, 0.05) is 18.5 Å². The molecule has 4 aliphatic rings. The van der Waals surface area contributed by atoms with Gasteiger partial charge in [-0.1, -0.05) is 74.1 Å². The van der Waals surface area contributed by atoms with Crippen LogP contribution < -0.4 is 16.4 Å². The molecule has 3 amide bonds. The second kappa shape index (κ2) is 11.4. The van der Waals surface area contributed by atoms with Crippen molar-refractivity contribution in [3.63, 3.8) is 0 Å². The first-order valence-corrected chi connectivity index (χ1v) is 15.8. The number of hydrogen-bond acceptors (Lipinski definition) is 5. The smallest absolute Gasteiger partial charge is 0.289 e. The van der Waals surface area contributed by atoms with Gasteiger partial charge in [-0.05, 0) is 72.6 Å². The summed E-state index contributed by atoms with van der Waals surface area (Å²) in [5, 5.41) is 5.71. The van der Waals surface area contributed by atoms with Crippen molar-refractivity contribution in [2.75, 3.05) is 13.1 Å². The zero-order valence-electron chi connectivity index (χ0n) is 26.0. The summed E-state index contributed by atoms with van der Waals surface area (Å²) >= 11 is 0. The highest BCUT2D eigenvalue weighted by Crippen LogP contribution is 2.65. The summed E-state index contributed by atoms with van der Waals surface area (Å²) in [6, 6.07) is -1.45. The van der Waals surface area contributed by atoms with Crippen LogP contribution in [0.25, 0.3) is 0 Å². The zero-order valence-corrected chi connectivity index (χ0v) is 26.0. The van der Waals surface area contributed by atoms with Gasteiger partial charge in [0.05, 0.1) is 6.04 Å². The third-order valence-electron chi connectivity index (χ3n) is 10.9. The highest BCUT2D eigenvalue weighted by Gasteiger charge is 2.70. The van der Waals surface area contributed by atoms with Crippen LogP contribution in [-0.4, -0.2) is 59.6 Å². The average molecular weight is 559 g/mol. The summed E-state index contributed by atoms with van der Waals surface area (Å²) in [5.74, 6) is -1.47. The Kier molecular flexibility index (Phi) is 8.81. The third-order valence-corrected chi connectivity index (χ3v) is 10.9. The summed E-state index contributed by atoms with van der Waals surface area (Å²) in [4.78, 5) is 56.2. The van der Waals surface area contributed by atoms with E-state index in [2.05, 4.69) is 52.2 Å². The number of carbonyl (C=O) groups excluding carboxylic acids is 4. The van der Waals surface area contributed by atoms with Gasteiger partial charge in [-0.25, -0.2) is 0 Å². The number of ketones is 1. The summed E-state index contributed by atoms with van der Waals surface area (Å²) in [7, 11) is 0. The normalized spacial score (nSPS) is 29.1. The number of Topliss-reactive ketones (excluding diaryl/α,β-unsaturated/α-hetero) is 1. The number of fused-ring (bicyclic) bond motifs is 1. The minimum absolute atomic E-state index is 0.0164. The topological polar surface area (TPSA) is 122 Å². The first-order valence-electron chi connectivity index (χ1n) is 15.8. The quantitative estimate of drug-likeness (QED) is 0.333. The van der Waals surface area contributed by atoms with E-state index in [1.807, 2.05) is 11.8 Å². The molecule has 4 fully saturated rings. The van der Waals surface area contributed by atoms with Gasteiger partial charge in [0.2, 0.25) is 17.6 Å². The number of nitrogens with one attached hydrogen (secondary N) is 2. The molecular weight excluding hydrogens is 504 g/mol. The van der Waals surface area contributed by atoms with Crippen LogP contribution in [0.15, 0.2) is 0 Å². The van der Waals surface area contributed by atoms with Crippen molar-refractivity contribution in [1.82, 2.24) is 15.5 Å². The molecule has 2 unspecified atom stereocenters. The van der Waals surface area contributed by atoms with Crippen LogP contribution in [0.2, 0.25) is 0 Å². The number of carbonyl (C=O) groups is 4. The first-order chi connectivity index (χ1) is 18.7. The number of amides is 3. The van der Waals surface area contributed by atoms with Crippen molar-refractivity contribution in [1.29, 1.82) is 0 Å². The van der Waals surface area contributed by atoms with E-state index in [1.54, 1.807) is 0 Å². The van der Waals surface area contributed by atoms with E-state index < -0.39 is 23.8 Å². The van der Waals surface area contributed by atoms with Crippen molar-refractivity contribution in [3.05, 3.63) is 0 Å². The zero-order chi connectivity index (χ0) is 29.6. The summed E-state index contributed by atoms with van der Waals surface area (Å²) in [6.45, 7) is 16.0. The molecular formula is C32H54N4O4. The van der Waals surface area contributed by atoms with Crippen LogP contribution in [0, 0.1) is 39.9 Å². The molecule has 40 heavy (non-hydrogen) atoms. The fourth-order valence-corrected chi connectivity index (χ4v) is 8.06. The van der Waals surface area contributed by atoms with Gasteiger partial charge in [-0.15, -0.1) is 0 Å². The van der Waals surface area contributed by atoms with Crippen LogP contribution in [0.3, 0.4) is 0 Å². The lowest BCUT2D eigenvalue weighted by atomic mass is 9.58. The van der Waals surface area contributed by atoms with E-state index in [4.69, 9.17) is 5.73 Å². The van der Waals surface area contributed by atoms with E-state index in [-0.39, 0.29) is 57.8 Å². The maximum atomic E-state index is 14.7. The Morgan fingerprint density at radius 3 is 2.17 bits per heavy atom. The molecule has 8 heteroatoms. The van der Waals surface area contributed by atoms with Gasteiger partial charge >= 0.3 is 0 Å². The largest absolute Gasteiger partial charge is 0.347 e. The SMILES string of the molecule is CCCC(NC(=O)[C@@H]1[C@@H]2[C@H](CN1C(=O)C([C@H](CN)C(C)(C)C)C1(C)CCCCC1)C2(C)C)C(=O)C(=O)NC1CC1. The van der Waals surface area contributed by atoms with Gasteiger partial charge in [0.25, 0.3) is 5.91 Å². The minimum atomic E-state index is -0.882. The van der Waals surface area contributed by atoms with Gasteiger partial charge in [-0.2, -0.15) is 0 Å². The molecule has 4 rings (SSSR count). The first kappa shape index (κ1) is 31.0. The molecule has 0 bridgehead atoms. The molecule has 8 nitrogen and oxygen atoms in total. The van der Waals surface area contributed by atoms with E-state index in [0.717, 1.165) is 38.5 Å². The third kappa shape index (κ3) is 5.98. The minimum Gasteiger partial charge on any atom is -0.347 e. The molecule has 226 valence electrons. The van der Waals surface area contributed by atoms with Crippen molar-refractivity contribution >= 4 is 23.5 Å². The Morgan fingerprint density at radius 2 is 1.65 bits per heavy atom. The molecule has 1 aliphatic heterocycles. The average Bonchev–Trinajstić information content (AvgIpc) is 3.72. The Morgan fingerprint density at radius 1 is 1.02 bits per heavy atom. The predicted octanol–water partition coefficient (Wildman–Crippen LogP) is 3.81. The van der Waals surface area contributed by atoms with E-state index in [9.17, 15) is 19.2 Å². The number of hydrogen-bond donors (Lipinski definition) is 3. The number of piperidine rings is 1. The maximum absolute atomic E-state index is 14.7. The van der Waals surface area contributed by atoms with Crippen molar-refractivity contribution in [2.45, 2.75) is 124 Å². The lowest BCUT2D eigenvalue weighted by Gasteiger charge is -2.49. The van der Waals surface area contributed by atoms with Crippen molar-refractivity contribution in [2.24, 2.45) is 45.7 Å². The Balaban J connectivity index is 1.61. The molecule has 3 aliphatic carbocycles. The maximum Gasteiger partial charge on any atom is 0.289 e. The number of rotatable bonds is 11. The van der Waals surface area contributed by atoms with Crippen LogP contribution in [0.5, 0.6) is 0 Å². The lowest BCUT2D eigenvalue weighted by Crippen LogP contribution is -2.59. The molecule has 0 spiro atoms. The van der Waals surface area contributed by atoms with Gasteiger partial charge < -0.3 is 21.3 Å². The number of nitrogens with two attached hydrogens (primary N) is 1. The highest BCUT2D eigenvalue weighted by atomic mass is 16.2. The molecule has 0 aromatic rings. The highest BCUT2D eigenvalue weighted by molar-refractivity contribution is 6.38. The van der Waals surface area contributed by atoms with E-state index in [1.165, 1.54) is 6.42 Å². The standard InChI is InChI=1S/C32H54N4O4/c1-8-12-22(26(37)28(39)34-19-13-14-19)35-27(38)25-23-21(31(23,5)6)18-36(25)29(40)24(20(17-33)30(2,3)4)32(7)15-10-9-11-16-32/h19-25H,8-18,33H2,1-7H3,(H,34,39)(H,35,38)/t20-,21-,22?,23-,24?,25-/m0/s1. The fraction of sp³-hybridized carbons (Fsp3) is 0.875. The van der Waals surface area contributed by atoms with Crippen molar-refractivity contribution < 1.29 is 19.2 Å². The van der Waals surface area contributed by atoms with Gasteiger partial charge in [-0.3, -0.25) is 19.2 Å². The Hall–Kier alpha value is -1.96. The monoisotopic (exact) mass is 558 g/mol. The molecule has 0 aromatic carbocycles. The molecule has 6 atom stereocenters. The summed E-state index contributed by atoms with van der Waals surface area (Å²) in [6.07, 6.45) is 8.20. The summed E-state index contributed by atoms with van der Waals surface area (Å²) in [5.41, 5.74) is 6.03. The number of likely N-dealkylation sites (tertiary alicyclic amines) is 1. The van der Waals surface area contributed by atoms with Gasteiger partial charge in [0.1, 0.15) is 6.04 Å². The fourth-order valence-electron chi connectivity index (χ4n) is 8.06. The van der Waals surface area contributed by atoms with Crippen LogP contribution >= 0.6 is 0 Å². The lowest BCUT2D eigenvalue weighted by molar-refractivity contribution is -0.153. The van der Waals surface area contributed by atoms with Crippen LogP contribution in [0.4, 0.5) is 0 Å². The molecule has 3 saturated carbocycles. The van der Waals surface area contributed by atoms with E-state index in [0.29, 0.717) is 25.9 Å². The molecule has 1 saturated heterocycles. The van der Waals surface area contributed by atoms with Crippen molar-refractivity contribution in [3.8, 4) is 0 Å². The van der Waals surface area contributed by atoms with Gasteiger partial charge in [0.15, 0.2) is 0 Å². The number of nitrogens with zero attached hydrogens (tertiary/aromatic N) is 1. The Labute approximate surface area is 241 Å². The van der Waals surface area contributed by atoms with E-state index >= 15 is 0 Å². The molecule has 4 N–H and O–H groups in total. The molecule has 1 heterocycles. The van der Waals surface area contributed by atoms with Crippen LogP contribution in [0.1, 0.15) is 106 Å². The molecule has 0 radical (unpaired) electrons.